The minimum absolute atomic E-state index is 0.590. The number of nitrogens with zero attached hydrogens (tertiary/aromatic N) is 3. The summed E-state index contributed by atoms with van der Waals surface area (Å²) >= 11 is 0. The zero-order chi connectivity index (χ0) is 13.4. The number of unbranched alkanes of at least 4 members (excludes halogenated alkanes) is 1. The predicted molar refractivity (Wildman–Crippen MR) is 74.1 cm³/mol. The molecule has 0 atom stereocenters. The van der Waals surface area contributed by atoms with Crippen LogP contribution < -0.4 is 10.1 Å². The average Bonchev–Trinajstić information content (AvgIpc) is 2.38. The standard InChI is InChI=1S/C13H24N4O/c1-11(2)17(3)8-6-5-7-14-12-9-13(18-4)16-10-15-12/h9-11H,5-8H2,1-4H3,(H,14,15,16). The molecule has 0 bridgehead atoms. The molecule has 1 rings (SSSR count). The van der Waals surface area contributed by atoms with Gasteiger partial charge in [-0.3, -0.25) is 0 Å². The number of nitrogens with one attached hydrogen (secondary N) is 1. The van der Waals surface area contributed by atoms with Gasteiger partial charge in [0.25, 0.3) is 0 Å². The normalized spacial score (nSPS) is 11.0. The minimum Gasteiger partial charge on any atom is -0.481 e. The summed E-state index contributed by atoms with van der Waals surface area (Å²) in [5.74, 6) is 1.41. The molecular formula is C13H24N4O. The Hall–Kier alpha value is -1.36. The molecule has 0 saturated heterocycles. The van der Waals surface area contributed by atoms with E-state index in [4.69, 9.17) is 4.74 Å². The molecule has 1 heterocycles. The van der Waals surface area contributed by atoms with E-state index >= 15 is 0 Å². The van der Waals surface area contributed by atoms with Crippen LogP contribution in [0.1, 0.15) is 26.7 Å². The van der Waals surface area contributed by atoms with Crippen LogP contribution in [-0.2, 0) is 0 Å². The molecule has 5 heteroatoms. The van der Waals surface area contributed by atoms with Crippen LogP contribution in [0.5, 0.6) is 5.88 Å². The monoisotopic (exact) mass is 252 g/mol. The lowest BCUT2D eigenvalue weighted by molar-refractivity contribution is 0.269. The van der Waals surface area contributed by atoms with E-state index in [2.05, 4.69) is 41.1 Å². The first-order chi connectivity index (χ1) is 8.63. The van der Waals surface area contributed by atoms with E-state index in [1.807, 2.05) is 0 Å². The van der Waals surface area contributed by atoms with E-state index in [1.165, 1.54) is 12.7 Å². The number of anilines is 1. The third-order valence-corrected chi connectivity index (χ3v) is 2.98. The van der Waals surface area contributed by atoms with Crippen LogP contribution in [0.15, 0.2) is 12.4 Å². The Morgan fingerprint density at radius 1 is 1.33 bits per heavy atom. The van der Waals surface area contributed by atoms with Gasteiger partial charge in [0.05, 0.1) is 7.11 Å². The summed E-state index contributed by atoms with van der Waals surface area (Å²) in [5.41, 5.74) is 0. The Morgan fingerprint density at radius 3 is 2.78 bits per heavy atom. The molecule has 0 saturated carbocycles. The highest BCUT2D eigenvalue weighted by Gasteiger charge is 2.02. The number of ether oxygens (including phenoxy) is 1. The van der Waals surface area contributed by atoms with Crippen molar-refractivity contribution in [2.24, 2.45) is 0 Å². The molecule has 0 aromatic carbocycles. The van der Waals surface area contributed by atoms with Crippen LogP contribution in [0.3, 0.4) is 0 Å². The maximum absolute atomic E-state index is 5.04. The van der Waals surface area contributed by atoms with Crippen LogP contribution in [0.4, 0.5) is 5.82 Å². The zero-order valence-electron chi connectivity index (χ0n) is 11.8. The second kappa shape index (κ2) is 7.87. The van der Waals surface area contributed by atoms with Gasteiger partial charge in [0.1, 0.15) is 12.1 Å². The van der Waals surface area contributed by atoms with E-state index in [0.29, 0.717) is 11.9 Å². The van der Waals surface area contributed by atoms with Crippen molar-refractivity contribution in [1.29, 1.82) is 0 Å². The zero-order valence-corrected chi connectivity index (χ0v) is 11.8. The summed E-state index contributed by atoms with van der Waals surface area (Å²) in [6.45, 7) is 6.48. The fraction of sp³-hybridized carbons (Fsp3) is 0.692. The molecular weight excluding hydrogens is 228 g/mol. The molecule has 0 aliphatic rings. The number of hydrogen-bond donors (Lipinski definition) is 1. The van der Waals surface area contributed by atoms with E-state index in [0.717, 1.165) is 25.3 Å². The van der Waals surface area contributed by atoms with Crippen LogP contribution in [0, 0.1) is 0 Å². The van der Waals surface area contributed by atoms with Gasteiger partial charge >= 0.3 is 0 Å². The van der Waals surface area contributed by atoms with Crippen molar-refractivity contribution in [1.82, 2.24) is 14.9 Å². The van der Waals surface area contributed by atoms with Crippen LogP contribution in [0.2, 0.25) is 0 Å². The third-order valence-electron chi connectivity index (χ3n) is 2.98. The molecule has 0 amide bonds. The quantitative estimate of drug-likeness (QED) is 0.717. The van der Waals surface area contributed by atoms with E-state index in [-0.39, 0.29) is 0 Å². The molecule has 0 spiro atoms. The fourth-order valence-electron chi connectivity index (χ4n) is 1.51. The Labute approximate surface area is 110 Å². The summed E-state index contributed by atoms with van der Waals surface area (Å²) < 4.78 is 5.04. The largest absolute Gasteiger partial charge is 0.481 e. The Kier molecular flexibility index (Phi) is 6.43. The lowest BCUT2D eigenvalue weighted by Crippen LogP contribution is -2.27. The highest BCUT2D eigenvalue weighted by Crippen LogP contribution is 2.10. The topological polar surface area (TPSA) is 50.3 Å². The first-order valence-electron chi connectivity index (χ1n) is 6.43. The number of rotatable bonds is 8. The first-order valence-corrected chi connectivity index (χ1v) is 6.43. The van der Waals surface area contributed by atoms with Crippen molar-refractivity contribution < 1.29 is 4.74 Å². The van der Waals surface area contributed by atoms with Gasteiger partial charge in [0, 0.05) is 18.7 Å². The molecule has 0 radical (unpaired) electrons. The molecule has 1 N–H and O–H groups in total. The molecule has 0 aliphatic heterocycles. The second-order valence-corrected chi connectivity index (χ2v) is 4.65. The van der Waals surface area contributed by atoms with Crippen LogP contribution in [0.25, 0.3) is 0 Å². The maximum atomic E-state index is 5.04. The molecule has 1 aromatic rings. The summed E-state index contributed by atoms with van der Waals surface area (Å²) in [6.07, 6.45) is 3.82. The van der Waals surface area contributed by atoms with Crippen LogP contribution >= 0.6 is 0 Å². The third kappa shape index (κ3) is 5.31. The molecule has 5 nitrogen and oxygen atoms in total. The van der Waals surface area contributed by atoms with Crippen molar-refractivity contribution in [3.63, 3.8) is 0 Å². The van der Waals surface area contributed by atoms with Gasteiger partial charge in [-0.1, -0.05) is 0 Å². The SMILES string of the molecule is COc1cc(NCCCCN(C)C(C)C)ncn1. The van der Waals surface area contributed by atoms with E-state index < -0.39 is 0 Å². The summed E-state index contributed by atoms with van der Waals surface area (Å²) in [5, 5.41) is 3.27. The van der Waals surface area contributed by atoms with E-state index in [1.54, 1.807) is 13.2 Å². The van der Waals surface area contributed by atoms with E-state index in [9.17, 15) is 0 Å². The maximum Gasteiger partial charge on any atom is 0.218 e. The lowest BCUT2D eigenvalue weighted by Gasteiger charge is -2.20. The average molecular weight is 252 g/mol. The van der Waals surface area contributed by atoms with Crippen molar-refractivity contribution >= 4 is 5.82 Å². The summed E-state index contributed by atoms with van der Waals surface area (Å²) in [4.78, 5) is 10.5. The van der Waals surface area contributed by atoms with Gasteiger partial charge in [-0.2, -0.15) is 0 Å². The van der Waals surface area contributed by atoms with Gasteiger partial charge in [0.15, 0.2) is 0 Å². The number of hydrogen-bond acceptors (Lipinski definition) is 5. The lowest BCUT2D eigenvalue weighted by atomic mass is 10.2. The number of aromatic nitrogens is 2. The van der Waals surface area contributed by atoms with Crippen molar-refractivity contribution in [2.75, 3.05) is 32.6 Å². The molecule has 0 unspecified atom stereocenters. The molecule has 1 aromatic heterocycles. The van der Waals surface area contributed by atoms with Crippen molar-refractivity contribution in [2.45, 2.75) is 32.7 Å². The first kappa shape index (κ1) is 14.7. The molecule has 0 aliphatic carbocycles. The van der Waals surface area contributed by atoms with Crippen molar-refractivity contribution in [3.05, 3.63) is 12.4 Å². The fourth-order valence-corrected chi connectivity index (χ4v) is 1.51. The molecule has 0 fully saturated rings. The van der Waals surface area contributed by atoms with Crippen LogP contribution in [-0.4, -0.2) is 48.2 Å². The second-order valence-electron chi connectivity index (χ2n) is 4.65. The Balaban J connectivity index is 2.17. The Bertz CT molecular complexity index is 344. The van der Waals surface area contributed by atoms with Gasteiger partial charge in [-0.05, 0) is 40.3 Å². The highest BCUT2D eigenvalue weighted by atomic mass is 16.5. The highest BCUT2D eigenvalue weighted by molar-refractivity contribution is 5.36. The minimum atomic E-state index is 0.590. The summed E-state index contributed by atoms with van der Waals surface area (Å²) in [6, 6.07) is 2.42. The predicted octanol–water partition coefficient (Wildman–Crippen LogP) is 2.02. The van der Waals surface area contributed by atoms with Gasteiger partial charge in [-0.15, -0.1) is 0 Å². The summed E-state index contributed by atoms with van der Waals surface area (Å²) in [7, 11) is 3.77. The Morgan fingerprint density at radius 2 is 2.11 bits per heavy atom. The van der Waals surface area contributed by atoms with Gasteiger partial charge in [0.2, 0.25) is 5.88 Å². The van der Waals surface area contributed by atoms with Crippen molar-refractivity contribution in [3.8, 4) is 5.88 Å². The van der Waals surface area contributed by atoms with Gasteiger partial charge < -0.3 is 15.0 Å². The van der Waals surface area contributed by atoms with Gasteiger partial charge in [-0.25, -0.2) is 9.97 Å². The number of methoxy groups -OCH3 is 1. The molecule has 18 heavy (non-hydrogen) atoms. The molecule has 102 valence electrons. The smallest absolute Gasteiger partial charge is 0.218 e.